The van der Waals surface area contributed by atoms with Crippen molar-refractivity contribution in [2.75, 3.05) is 0 Å². The number of aliphatic carboxylic acids is 1. The lowest BCUT2D eigenvalue weighted by molar-refractivity contribution is -0.142. The van der Waals surface area contributed by atoms with Crippen LogP contribution in [0.2, 0.25) is 0 Å². The summed E-state index contributed by atoms with van der Waals surface area (Å²) >= 11 is 0. The van der Waals surface area contributed by atoms with Gasteiger partial charge in [0, 0.05) is 6.04 Å². The van der Waals surface area contributed by atoms with Crippen LogP contribution in [0.5, 0.6) is 0 Å². The van der Waals surface area contributed by atoms with E-state index in [1.807, 2.05) is 34.6 Å². The van der Waals surface area contributed by atoms with Crippen LogP contribution in [-0.2, 0) is 9.53 Å². The number of rotatable bonds is 9. The van der Waals surface area contributed by atoms with Gasteiger partial charge in [0.25, 0.3) is 0 Å². The molecule has 0 aliphatic carbocycles. The number of carbonyl (C=O) groups excluding carboxylic acids is 1. The number of alkyl carbamates (subject to hydrolysis) is 1. The summed E-state index contributed by atoms with van der Waals surface area (Å²) in [6, 6.07) is -0.0566. The molecular weight excluding hydrogens is 294 g/mol. The zero-order valence-corrected chi connectivity index (χ0v) is 15.8. The predicted octanol–water partition coefficient (Wildman–Crippen LogP) is 4.45. The number of carbonyl (C=O) groups is 2. The molecule has 0 fully saturated rings. The van der Waals surface area contributed by atoms with Crippen LogP contribution >= 0.6 is 0 Å². The van der Waals surface area contributed by atoms with Gasteiger partial charge < -0.3 is 15.2 Å². The van der Waals surface area contributed by atoms with E-state index in [4.69, 9.17) is 4.74 Å². The Morgan fingerprint density at radius 1 is 1.00 bits per heavy atom. The molecule has 1 amide bonds. The molecule has 0 saturated carbocycles. The summed E-state index contributed by atoms with van der Waals surface area (Å²) < 4.78 is 5.30. The molecule has 0 bridgehead atoms. The minimum absolute atomic E-state index is 0.0566. The first-order valence-electron chi connectivity index (χ1n) is 8.63. The van der Waals surface area contributed by atoms with Crippen LogP contribution in [0.25, 0.3) is 0 Å². The zero-order chi connectivity index (χ0) is 18.2. The first-order chi connectivity index (χ1) is 10.4. The second-order valence-corrected chi connectivity index (χ2v) is 8.21. The van der Waals surface area contributed by atoms with Crippen LogP contribution in [0.15, 0.2) is 0 Å². The molecule has 0 unspecified atom stereocenters. The molecule has 2 N–H and O–H groups in total. The second kappa shape index (κ2) is 9.78. The predicted molar refractivity (Wildman–Crippen MR) is 92.4 cm³/mol. The molecule has 2 atom stereocenters. The molecular formula is C18H35NO4. The van der Waals surface area contributed by atoms with Gasteiger partial charge in [-0.15, -0.1) is 0 Å². The van der Waals surface area contributed by atoms with E-state index >= 15 is 0 Å². The lowest BCUT2D eigenvalue weighted by Gasteiger charge is -2.25. The Labute approximate surface area is 141 Å². The molecule has 5 heteroatoms. The molecule has 0 aromatic carbocycles. The van der Waals surface area contributed by atoms with Crippen LogP contribution in [0.4, 0.5) is 4.79 Å². The van der Waals surface area contributed by atoms with Crippen LogP contribution in [-0.4, -0.2) is 28.8 Å². The Morgan fingerprint density at radius 2 is 1.52 bits per heavy atom. The van der Waals surface area contributed by atoms with Gasteiger partial charge in [0.1, 0.15) is 5.60 Å². The summed E-state index contributed by atoms with van der Waals surface area (Å²) in [6.45, 7) is 13.7. The smallest absolute Gasteiger partial charge is 0.407 e. The molecule has 0 aromatic rings. The largest absolute Gasteiger partial charge is 0.481 e. The average Bonchev–Trinajstić information content (AvgIpc) is 2.29. The van der Waals surface area contributed by atoms with E-state index in [2.05, 4.69) is 19.2 Å². The van der Waals surface area contributed by atoms with Crippen molar-refractivity contribution in [1.29, 1.82) is 0 Å². The Balaban J connectivity index is 4.65. The topological polar surface area (TPSA) is 75.6 Å². The third kappa shape index (κ3) is 11.9. The van der Waals surface area contributed by atoms with Gasteiger partial charge in [-0.2, -0.15) is 0 Å². The van der Waals surface area contributed by atoms with Crippen molar-refractivity contribution in [2.45, 2.75) is 85.8 Å². The molecule has 0 spiro atoms. The quantitative estimate of drug-likeness (QED) is 0.655. The normalized spacial score (nSPS) is 14.7. The van der Waals surface area contributed by atoms with Gasteiger partial charge in [0.05, 0.1) is 5.92 Å². The van der Waals surface area contributed by atoms with Gasteiger partial charge in [-0.05, 0) is 58.3 Å². The molecule has 0 saturated heterocycles. The fraction of sp³-hybridized carbons (Fsp3) is 0.889. The van der Waals surface area contributed by atoms with Crippen molar-refractivity contribution in [3.63, 3.8) is 0 Å². The zero-order valence-electron chi connectivity index (χ0n) is 15.8. The molecule has 0 radical (unpaired) electrons. The summed E-state index contributed by atoms with van der Waals surface area (Å²) in [6.07, 6.45) is 2.27. The number of amides is 1. The van der Waals surface area contributed by atoms with E-state index in [1.165, 1.54) is 0 Å². The molecule has 23 heavy (non-hydrogen) atoms. The highest BCUT2D eigenvalue weighted by molar-refractivity contribution is 5.70. The number of hydrogen-bond donors (Lipinski definition) is 2. The monoisotopic (exact) mass is 329 g/mol. The fourth-order valence-electron chi connectivity index (χ4n) is 2.61. The van der Waals surface area contributed by atoms with E-state index in [9.17, 15) is 14.7 Å². The number of carboxylic acids is 1. The van der Waals surface area contributed by atoms with Crippen molar-refractivity contribution in [3.05, 3.63) is 0 Å². The Kier molecular flexibility index (Phi) is 9.25. The number of carboxylic acid groups (broad SMARTS) is 1. The molecule has 0 heterocycles. The highest BCUT2D eigenvalue weighted by Gasteiger charge is 2.24. The average molecular weight is 329 g/mol. The van der Waals surface area contributed by atoms with Crippen LogP contribution in [0.3, 0.4) is 0 Å². The van der Waals surface area contributed by atoms with Crippen molar-refractivity contribution in [1.82, 2.24) is 5.32 Å². The van der Waals surface area contributed by atoms with Crippen molar-refractivity contribution in [3.8, 4) is 0 Å². The molecule has 5 nitrogen and oxygen atoms in total. The summed E-state index contributed by atoms with van der Waals surface area (Å²) in [4.78, 5) is 23.3. The van der Waals surface area contributed by atoms with Crippen molar-refractivity contribution < 1.29 is 19.4 Å². The summed E-state index contributed by atoms with van der Waals surface area (Å²) in [7, 11) is 0. The number of hydrogen-bond acceptors (Lipinski definition) is 3. The molecule has 0 aromatic heterocycles. The van der Waals surface area contributed by atoms with Crippen LogP contribution < -0.4 is 5.32 Å². The maximum absolute atomic E-state index is 12.0. The number of nitrogens with one attached hydrogen (secondary N) is 1. The number of ether oxygens (including phenoxy) is 1. The summed E-state index contributed by atoms with van der Waals surface area (Å²) in [5.74, 6) is -0.342. The van der Waals surface area contributed by atoms with Gasteiger partial charge in [-0.1, -0.05) is 27.7 Å². The first-order valence-corrected chi connectivity index (χ1v) is 8.63. The molecule has 136 valence electrons. The third-order valence-electron chi connectivity index (χ3n) is 3.45. The Bertz CT molecular complexity index is 372. The fourth-order valence-corrected chi connectivity index (χ4v) is 2.61. The highest BCUT2D eigenvalue weighted by Crippen LogP contribution is 2.21. The first kappa shape index (κ1) is 21.7. The minimum Gasteiger partial charge on any atom is -0.481 e. The minimum atomic E-state index is -0.751. The maximum atomic E-state index is 12.0. The molecule has 0 aliphatic heterocycles. The van der Waals surface area contributed by atoms with Gasteiger partial charge in [0.15, 0.2) is 0 Å². The Morgan fingerprint density at radius 3 is 1.91 bits per heavy atom. The van der Waals surface area contributed by atoms with Crippen molar-refractivity contribution in [2.24, 2.45) is 17.8 Å². The second-order valence-electron chi connectivity index (χ2n) is 8.21. The van der Waals surface area contributed by atoms with Gasteiger partial charge in [0.2, 0.25) is 0 Å². The van der Waals surface area contributed by atoms with Crippen molar-refractivity contribution >= 4 is 12.1 Å². The lowest BCUT2D eigenvalue weighted by atomic mass is 9.89. The van der Waals surface area contributed by atoms with Crippen LogP contribution in [0, 0.1) is 17.8 Å². The SMILES string of the molecule is CC(C)C[C@@H](CC[C@H](CC(C)C)C(=O)O)NC(=O)OC(C)(C)C. The van der Waals surface area contributed by atoms with Crippen LogP contribution in [0.1, 0.15) is 74.1 Å². The molecule has 0 rings (SSSR count). The van der Waals surface area contributed by atoms with Gasteiger partial charge >= 0.3 is 12.1 Å². The highest BCUT2D eigenvalue weighted by atomic mass is 16.6. The summed E-state index contributed by atoms with van der Waals surface area (Å²) in [5, 5.41) is 12.2. The lowest BCUT2D eigenvalue weighted by Crippen LogP contribution is -2.40. The maximum Gasteiger partial charge on any atom is 0.407 e. The van der Waals surface area contributed by atoms with E-state index in [0.29, 0.717) is 31.1 Å². The molecule has 0 aliphatic rings. The standard InChI is InChI=1S/C18H35NO4/c1-12(2)10-14(16(20)21)8-9-15(11-13(3)4)19-17(22)23-18(5,6)7/h12-15H,8-11H2,1-7H3,(H,19,22)(H,20,21)/t14-,15-/m1/s1. The Hall–Kier alpha value is -1.26. The summed E-state index contributed by atoms with van der Waals surface area (Å²) in [5.41, 5.74) is -0.534. The van der Waals surface area contributed by atoms with E-state index in [0.717, 1.165) is 6.42 Å². The van der Waals surface area contributed by atoms with Gasteiger partial charge in [-0.25, -0.2) is 4.79 Å². The van der Waals surface area contributed by atoms with E-state index < -0.39 is 17.7 Å². The third-order valence-corrected chi connectivity index (χ3v) is 3.45. The van der Waals surface area contributed by atoms with E-state index in [-0.39, 0.29) is 12.0 Å². The van der Waals surface area contributed by atoms with Gasteiger partial charge in [-0.3, -0.25) is 4.79 Å². The van der Waals surface area contributed by atoms with E-state index in [1.54, 1.807) is 0 Å².